The van der Waals surface area contributed by atoms with Crippen molar-refractivity contribution in [1.82, 2.24) is 10.2 Å². The van der Waals surface area contributed by atoms with Crippen LogP contribution in [0.2, 0.25) is 0 Å². The summed E-state index contributed by atoms with van der Waals surface area (Å²) >= 11 is 0. The van der Waals surface area contributed by atoms with Crippen molar-refractivity contribution in [2.45, 2.75) is 76.3 Å². The molecular weight excluding hydrogens is 340 g/mol. The summed E-state index contributed by atoms with van der Waals surface area (Å²) in [5.74, 6) is 1.06. The van der Waals surface area contributed by atoms with E-state index >= 15 is 0 Å². The molecule has 1 aliphatic carbocycles. The van der Waals surface area contributed by atoms with Crippen molar-refractivity contribution in [2.75, 3.05) is 13.7 Å². The Morgan fingerprint density at radius 2 is 1.81 bits per heavy atom. The Kier molecular flexibility index (Phi) is 6.75. The lowest BCUT2D eigenvalue weighted by Crippen LogP contribution is -2.49. The first-order valence-corrected chi connectivity index (χ1v) is 10.3. The molecule has 1 aromatic carbocycles. The maximum absolute atomic E-state index is 12.9. The molecule has 5 nitrogen and oxygen atoms in total. The Balaban J connectivity index is 1.56. The smallest absolute Gasteiger partial charge is 0.243 e. The van der Waals surface area contributed by atoms with Gasteiger partial charge >= 0.3 is 0 Å². The van der Waals surface area contributed by atoms with E-state index in [-0.39, 0.29) is 23.8 Å². The predicted octanol–water partition coefficient (Wildman–Crippen LogP) is 3.63. The maximum atomic E-state index is 12.9. The van der Waals surface area contributed by atoms with Gasteiger partial charge in [-0.15, -0.1) is 0 Å². The van der Waals surface area contributed by atoms with Crippen LogP contribution in [0.5, 0.6) is 5.75 Å². The van der Waals surface area contributed by atoms with Gasteiger partial charge in [0, 0.05) is 19.0 Å². The van der Waals surface area contributed by atoms with Gasteiger partial charge in [-0.05, 0) is 49.3 Å². The van der Waals surface area contributed by atoms with E-state index in [1.165, 1.54) is 19.3 Å². The lowest BCUT2D eigenvalue weighted by Gasteiger charge is -2.29. The molecule has 0 radical (unpaired) electrons. The van der Waals surface area contributed by atoms with Gasteiger partial charge in [-0.25, -0.2) is 0 Å². The van der Waals surface area contributed by atoms with E-state index in [1.807, 2.05) is 24.3 Å². The summed E-state index contributed by atoms with van der Waals surface area (Å²) in [6.07, 6.45) is 7.91. The number of likely N-dealkylation sites (tertiary alicyclic amines) is 1. The van der Waals surface area contributed by atoms with Crippen molar-refractivity contribution >= 4 is 11.8 Å². The zero-order chi connectivity index (χ0) is 19.2. The lowest BCUT2D eigenvalue weighted by atomic mass is 9.95. The Bertz CT molecular complexity index is 637. The standard InChI is InChI=1S/C22H32N2O3/c1-16(17-10-12-19(27-2)13-11-17)15-21(25)24-14-6-9-20(24)22(26)23-18-7-4-3-5-8-18/h10-13,16,18,20H,3-9,14-15H2,1-2H3,(H,23,26)/t16?,20-/m1/s1. The van der Waals surface area contributed by atoms with Crippen LogP contribution in [0.25, 0.3) is 0 Å². The molecule has 0 bridgehead atoms. The van der Waals surface area contributed by atoms with Crippen molar-refractivity contribution in [3.63, 3.8) is 0 Å². The van der Waals surface area contributed by atoms with Gasteiger partial charge in [0.15, 0.2) is 0 Å². The SMILES string of the molecule is COc1ccc(C(C)CC(=O)N2CCC[C@@H]2C(=O)NC2CCCCC2)cc1. The summed E-state index contributed by atoms with van der Waals surface area (Å²) in [6.45, 7) is 2.75. The zero-order valence-electron chi connectivity index (χ0n) is 16.6. The third-order valence-electron chi connectivity index (χ3n) is 5.99. The molecule has 1 unspecified atom stereocenters. The number of rotatable bonds is 6. The van der Waals surface area contributed by atoms with Crippen molar-refractivity contribution in [1.29, 1.82) is 0 Å². The summed E-state index contributed by atoms with van der Waals surface area (Å²) in [6, 6.07) is 7.87. The average molecular weight is 373 g/mol. The van der Waals surface area contributed by atoms with Crippen molar-refractivity contribution in [3.8, 4) is 5.75 Å². The van der Waals surface area contributed by atoms with E-state index in [1.54, 1.807) is 12.0 Å². The minimum atomic E-state index is -0.289. The highest BCUT2D eigenvalue weighted by Gasteiger charge is 2.35. The number of benzene rings is 1. The molecule has 27 heavy (non-hydrogen) atoms. The van der Waals surface area contributed by atoms with E-state index in [0.717, 1.165) is 37.0 Å². The van der Waals surface area contributed by atoms with E-state index in [9.17, 15) is 9.59 Å². The fourth-order valence-corrected chi connectivity index (χ4v) is 4.31. The number of hydrogen-bond acceptors (Lipinski definition) is 3. The van der Waals surface area contributed by atoms with Gasteiger partial charge in [0.1, 0.15) is 11.8 Å². The average Bonchev–Trinajstić information content (AvgIpc) is 3.19. The first-order valence-electron chi connectivity index (χ1n) is 10.3. The number of amides is 2. The minimum absolute atomic E-state index is 0.0462. The van der Waals surface area contributed by atoms with Crippen LogP contribution in [0.15, 0.2) is 24.3 Å². The summed E-state index contributed by atoms with van der Waals surface area (Å²) in [5, 5.41) is 3.20. The van der Waals surface area contributed by atoms with E-state index in [2.05, 4.69) is 12.2 Å². The first-order chi connectivity index (χ1) is 13.1. The Morgan fingerprint density at radius 3 is 2.48 bits per heavy atom. The first kappa shape index (κ1) is 19.7. The highest BCUT2D eigenvalue weighted by Crippen LogP contribution is 2.26. The predicted molar refractivity (Wildman–Crippen MR) is 106 cm³/mol. The van der Waals surface area contributed by atoms with Crippen molar-refractivity contribution in [2.24, 2.45) is 0 Å². The summed E-state index contributed by atoms with van der Waals surface area (Å²) < 4.78 is 5.19. The fourth-order valence-electron chi connectivity index (χ4n) is 4.31. The van der Waals surface area contributed by atoms with Gasteiger partial charge in [0.05, 0.1) is 7.11 Å². The molecule has 2 aliphatic rings. The molecule has 1 aliphatic heterocycles. The Labute approximate surface area is 162 Å². The molecule has 3 rings (SSSR count). The van der Waals surface area contributed by atoms with Crippen LogP contribution in [-0.2, 0) is 9.59 Å². The zero-order valence-corrected chi connectivity index (χ0v) is 16.6. The van der Waals surface area contributed by atoms with Gasteiger partial charge in [-0.1, -0.05) is 38.3 Å². The largest absolute Gasteiger partial charge is 0.497 e. The molecule has 0 spiro atoms. The molecular formula is C22H32N2O3. The summed E-state index contributed by atoms with van der Waals surface area (Å²) in [7, 11) is 1.65. The topological polar surface area (TPSA) is 58.6 Å². The second-order valence-corrected chi connectivity index (χ2v) is 7.97. The van der Waals surface area contributed by atoms with Crippen LogP contribution in [0, 0.1) is 0 Å². The number of hydrogen-bond donors (Lipinski definition) is 1. The quantitative estimate of drug-likeness (QED) is 0.830. The second-order valence-electron chi connectivity index (χ2n) is 7.97. The van der Waals surface area contributed by atoms with Crippen molar-refractivity contribution < 1.29 is 14.3 Å². The molecule has 1 aromatic rings. The van der Waals surface area contributed by atoms with E-state index in [0.29, 0.717) is 19.0 Å². The molecule has 1 N–H and O–H groups in total. The normalized spacial score (nSPS) is 21.7. The lowest BCUT2D eigenvalue weighted by molar-refractivity contribution is -0.139. The molecule has 5 heteroatoms. The number of nitrogens with zero attached hydrogens (tertiary/aromatic N) is 1. The summed E-state index contributed by atoms with van der Waals surface area (Å²) in [4.78, 5) is 27.4. The molecule has 2 atom stereocenters. The molecule has 1 saturated heterocycles. The molecule has 2 fully saturated rings. The van der Waals surface area contributed by atoms with Crippen LogP contribution >= 0.6 is 0 Å². The van der Waals surface area contributed by atoms with Crippen LogP contribution < -0.4 is 10.1 Å². The highest BCUT2D eigenvalue weighted by molar-refractivity contribution is 5.88. The van der Waals surface area contributed by atoms with E-state index in [4.69, 9.17) is 4.74 Å². The number of nitrogens with one attached hydrogen (secondary N) is 1. The molecule has 0 aromatic heterocycles. The third kappa shape index (κ3) is 5.02. The molecule has 148 valence electrons. The molecule has 1 saturated carbocycles. The Hall–Kier alpha value is -2.04. The second kappa shape index (κ2) is 9.25. The van der Waals surface area contributed by atoms with Crippen molar-refractivity contribution in [3.05, 3.63) is 29.8 Å². The van der Waals surface area contributed by atoms with Gasteiger partial charge in [-0.2, -0.15) is 0 Å². The van der Waals surface area contributed by atoms with Gasteiger partial charge in [0.25, 0.3) is 0 Å². The number of carbonyl (C=O) groups excluding carboxylic acids is 2. The molecule has 2 amide bonds. The monoisotopic (exact) mass is 372 g/mol. The maximum Gasteiger partial charge on any atom is 0.243 e. The van der Waals surface area contributed by atoms with Crippen LogP contribution in [0.3, 0.4) is 0 Å². The van der Waals surface area contributed by atoms with Crippen LogP contribution in [-0.4, -0.2) is 42.5 Å². The summed E-state index contributed by atoms with van der Waals surface area (Å²) in [5.41, 5.74) is 1.12. The van der Waals surface area contributed by atoms with Gasteiger partial charge in [-0.3, -0.25) is 9.59 Å². The Morgan fingerprint density at radius 1 is 1.11 bits per heavy atom. The number of methoxy groups -OCH3 is 1. The fraction of sp³-hybridized carbons (Fsp3) is 0.636. The highest BCUT2D eigenvalue weighted by atomic mass is 16.5. The van der Waals surface area contributed by atoms with Gasteiger partial charge < -0.3 is 15.0 Å². The number of ether oxygens (including phenoxy) is 1. The number of carbonyl (C=O) groups is 2. The van der Waals surface area contributed by atoms with Gasteiger partial charge in [0.2, 0.25) is 11.8 Å². The van der Waals surface area contributed by atoms with Crippen LogP contribution in [0.4, 0.5) is 0 Å². The van der Waals surface area contributed by atoms with Crippen LogP contribution in [0.1, 0.15) is 69.8 Å². The molecule has 1 heterocycles. The third-order valence-corrected chi connectivity index (χ3v) is 5.99. The minimum Gasteiger partial charge on any atom is -0.497 e. The van der Waals surface area contributed by atoms with E-state index < -0.39 is 0 Å².